The minimum atomic E-state index is -0.460. The molecule has 0 saturated carbocycles. The summed E-state index contributed by atoms with van der Waals surface area (Å²) in [7, 11) is 1.65. The summed E-state index contributed by atoms with van der Waals surface area (Å²) in [6.45, 7) is 0.682. The standard InChI is InChI=1S/C10H14N2O3S/c1-15-4-5-16-7-8-2-3-9(11)10(6-8)12(13)14/h2-3,6H,4-5,7,11H2,1H3. The first-order valence-electron chi connectivity index (χ1n) is 4.74. The number of rotatable bonds is 6. The summed E-state index contributed by atoms with van der Waals surface area (Å²) in [4.78, 5) is 10.2. The number of anilines is 1. The van der Waals surface area contributed by atoms with E-state index in [-0.39, 0.29) is 11.4 Å². The molecule has 0 radical (unpaired) electrons. The number of nitro groups is 1. The van der Waals surface area contributed by atoms with E-state index in [1.807, 2.05) is 6.07 Å². The molecule has 0 bridgehead atoms. The summed E-state index contributed by atoms with van der Waals surface area (Å²) in [5.41, 5.74) is 6.58. The van der Waals surface area contributed by atoms with Gasteiger partial charge in [0.1, 0.15) is 5.69 Å². The lowest BCUT2D eigenvalue weighted by Gasteiger charge is -2.03. The minimum Gasteiger partial charge on any atom is -0.393 e. The summed E-state index contributed by atoms with van der Waals surface area (Å²) in [5, 5.41) is 10.6. The molecule has 1 rings (SSSR count). The van der Waals surface area contributed by atoms with Crippen LogP contribution in [-0.2, 0) is 10.5 Å². The second-order valence-electron chi connectivity index (χ2n) is 3.20. The Morgan fingerprint density at radius 1 is 1.56 bits per heavy atom. The zero-order valence-electron chi connectivity index (χ0n) is 9.01. The molecular weight excluding hydrogens is 228 g/mol. The fourth-order valence-electron chi connectivity index (χ4n) is 1.17. The molecule has 88 valence electrons. The highest BCUT2D eigenvalue weighted by molar-refractivity contribution is 7.98. The molecule has 0 aliphatic rings. The second-order valence-corrected chi connectivity index (χ2v) is 4.30. The van der Waals surface area contributed by atoms with E-state index >= 15 is 0 Å². The van der Waals surface area contributed by atoms with E-state index in [0.717, 1.165) is 17.1 Å². The van der Waals surface area contributed by atoms with Gasteiger partial charge < -0.3 is 10.5 Å². The maximum Gasteiger partial charge on any atom is 0.292 e. The Morgan fingerprint density at radius 2 is 2.31 bits per heavy atom. The van der Waals surface area contributed by atoms with Gasteiger partial charge in [-0.2, -0.15) is 11.8 Å². The molecule has 2 N–H and O–H groups in total. The minimum absolute atomic E-state index is 0.0233. The van der Waals surface area contributed by atoms with Gasteiger partial charge in [0.15, 0.2) is 0 Å². The highest BCUT2D eigenvalue weighted by atomic mass is 32.2. The van der Waals surface area contributed by atoms with E-state index in [2.05, 4.69) is 0 Å². The Morgan fingerprint density at radius 3 is 2.94 bits per heavy atom. The summed E-state index contributed by atoms with van der Waals surface area (Å²) < 4.78 is 4.91. The van der Waals surface area contributed by atoms with Gasteiger partial charge in [-0.25, -0.2) is 0 Å². The summed E-state index contributed by atoms with van der Waals surface area (Å²) in [5.74, 6) is 1.60. The molecule has 0 saturated heterocycles. The number of ether oxygens (including phenoxy) is 1. The number of thioether (sulfide) groups is 1. The Hall–Kier alpha value is -1.27. The van der Waals surface area contributed by atoms with Gasteiger partial charge in [0.25, 0.3) is 5.69 Å². The van der Waals surface area contributed by atoms with Gasteiger partial charge in [-0.15, -0.1) is 0 Å². The van der Waals surface area contributed by atoms with Crippen LogP contribution in [0.1, 0.15) is 5.56 Å². The van der Waals surface area contributed by atoms with Crippen LogP contribution in [-0.4, -0.2) is 24.4 Å². The fourth-order valence-corrected chi connectivity index (χ4v) is 2.01. The topological polar surface area (TPSA) is 78.4 Å². The number of nitrogen functional groups attached to an aromatic ring is 1. The van der Waals surface area contributed by atoms with E-state index in [4.69, 9.17) is 10.5 Å². The van der Waals surface area contributed by atoms with Crippen molar-refractivity contribution in [3.63, 3.8) is 0 Å². The highest BCUT2D eigenvalue weighted by Gasteiger charge is 2.11. The molecule has 0 aliphatic heterocycles. The lowest BCUT2D eigenvalue weighted by molar-refractivity contribution is -0.383. The van der Waals surface area contributed by atoms with Gasteiger partial charge in [-0.05, 0) is 11.6 Å². The molecule has 1 aromatic rings. The quantitative estimate of drug-likeness (QED) is 0.357. The van der Waals surface area contributed by atoms with Crippen molar-refractivity contribution < 1.29 is 9.66 Å². The Balaban J connectivity index is 2.61. The number of hydrogen-bond acceptors (Lipinski definition) is 5. The summed E-state index contributed by atoms with van der Waals surface area (Å²) in [6.07, 6.45) is 0. The van der Waals surface area contributed by atoms with Crippen LogP contribution >= 0.6 is 11.8 Å². The first-order chi connectivity index (χ1) is 7.65. The Bertz CT molecular complexity index is 371. The largest absolute Gasteiger partial charge is 0.393 e. The normalized spacial score (nSPS) is 10.3. The number of hydrogen-bond donors (Lipinski definition) is 1. The van der Waals surface area contributed by atoms with Crippen molar-refractivity contribution in [2.75, 3.05) is 25.2 Å². The van der Waals surface area contributed by atoms with Gasteiger partial charge in [-0.3, -0.25) is 10.1 Å². The van der Waals surface area contributed by atoms with Crippen LogP contribution in [0.4, 0.5) is 11.4 Å². The van der Waals surface area contributed by atoms with Crippen molar-refractivity contribution in [1.29, 1.82) is 0 Å². The number of nitro benzene ring substituents is 1. The zero-order chi connectivity index (χ0) is 12.0. The van der Waals surface area contributed by atoms with Gasteiger partial charge in [0.2, 0.25) is 0 Å². The molecule has 0 fully saturated rings. The summed E-state index contributed by atoms with van der Waals surface area (Å²) in [6, 6.07) is 4.90. The average Bonchev–Trinajstić information content (AvgIpc) is 2.26. The Labute approximate surface area is 98.1 Å². The van der Waals surface area contributed by atoms with Crippen LogP contribution in [0.3, 0.4) is 0 Å². The molecule has 6 heteroatoms. The zero-order valence-corrected chi connectivity index (χ0v) is 9.83. The molecule has 0 aromatic heterocycles. The molecule has 0 amide bonds. The molecule has 0 atom stereocenters. The van der Waals surface area contributed by atoms with E-state index in [1.54, 1.807) is 24.9 Å². The van der Waals surface area contributed by atoms with Gasteiger partial charge in [0, 0.05) is 24.7 Å². The third-order valence-electron chi connectivity index (χ3n) is 1.99. The average molecular weight is 242 g/mol. The van der Waals surface area contributed by atoms with Gasteiger partial charge in [0.05, 0.1) is 11.5 Å². The molecule has 0 aliphatic carbocycles. The predicted molar refractivity (Wildman–Crippen MR) is 65.5 cm³/mol. The first kappa shape index (κ1) is 12.8. The van der Waals surface area contributed by atoms with Crippen LogP contribution in [0.15, 0.2) is 18.2 Å². The van der Waals surface area contributed by atoms with Crippen LogP contribution in [0, 0.1) is 10.1 Å². The molecule has 0 unspecified atom stereocenters. The van der Waals surface area contributed by atoms with E-state index < -0.39 is 4.92 Å². The Kier molecular flexibility index (Phi) is 5.07. The van der Waals surface area contributed by atoms with Crippen LogP contribution in [0.5, 0.6) is 0 Å². The van der Waals surface area contributed by atoms with Crippen LogP contribution < -0.4 is 5.73 Å². The molecule has 0 spiro atoms. The molecular formula is C10H14N2O3S. The van der Waals surface area contributed by atoms with Crippen molar-refractivity contribution in [2.45, 2.75) is 5.75 Å². The van der Waals surface area contributed by atoms with E-state index in [9.17, 15) is 10.1 Å². The number of benzene rings is 1. The second kappa shape index (κ2) is 6.34. The van der Waals surface area contributed by atoms with Crippen molar-refractivity contribution in [2.24, 2.45) is 0 Å². The monoisotopic (exact) mass is 242 g/mol. The summed E-state index contributed by atoms with van der Waals surface area (Å²) >= 11 is 1.67. The third-order valence-corrected chi connectivity index (χ3v) is 2.98. The number of nitrogens with zero attached hydrogens (tertiary/aromatic N) is 1. The van der Waals surface area contributed by atoms with Crippen molar-refractivity contribution >= 4 is 23.1 Å². The lowest BCUT2D eigenvalue weighted by Crippen LogP contribution is -1.97. The van der Waals surface area contributed by atoms with Crippen molar-refractivity contribution in [1.82, 2.24) is 0 Å². The molecule has 0 heterocycles. The van der Waals surface area contributed by atoms with Crippen molar-refractivity contribution in [3.8, 4) is 0 Å². The number of methoxy groups -OCH3 is 1. The smallest absolute Gasteiger partial charge is 0.292 e. The van der Waals surface area contributed by atoms with E-state index in [0.29, 0.717) is 6.61 Å². The molecule has 1 aromatic carbocycles. The maximum atomic E-state index is 10.6. The predicted octanol–water partition coefficient (Wildman–Crippen LogP) is 2.06. The van der Waals surface area contributed by atoms with Gasteiger partial charge in [-0.1, -0.05) is 6.07 Å². The number of nitrogens with two attached hydrogens (primary N) is 1. The first-order valence-corrected chi connectivity index (χ1v) is 5.90. The third kappa shape index (κ3) is 3.71. The van der Waals surface area contributed by atoms with Crippen molar-refractivity contribution in [3.05, 3.63) is 33.9 Å². The molecule has 16 heavy (non-hydrogen) atoms. The van der Waals surface area contributed by atoms with E-state index in [1.165, 1.54) is 6.07 Å². The highest BCUT2D eigenvalue weighted by Crippen LogP contribution is 2.24. The van der Waals surface area contributed by atoms with Crippen LogP contribution in [0.2, 0.25) is 0 Å². The van der Waals surface area contributed by atoms with Crippen LogP contribution in [0.25, 0.3) is 0 Å². The maximum absolute atomic E-state index is 10.6. The van der Waals surface area contributed by atoms with Gasteiger partial charge >= 0.3 is 0 Å². The SMILES string of the molecule is COCCSCc1ccc(N)c([N+](=O)[O-])c1. The molecule has 5 nitrogen and oxygen atoms in total. The lowest BCUT2D eigenvalue weighted by atomic mass is 10.2. The fraction of sp³-hybridized carbons (Fsp3) is 0.400.